The van der Waals surface area contributed by atoms with E-state index in [9.17, 15) is 14.4 Å². The minimum atomic E-state index is -4.70. The van der Waals surface area contributed by atoms with Gasteiger partial charge in [-0.05, 0) is 33.7 Å². The van der Waals surface area contributed by atoms with Crippen LogP contribution in [0.5, 0.6) is 5.75 Å². The average molecular weight is 382 g/mol. The van der Waals surface area contributed by atoms with Gasteiger partial charge < -0.3 is 4.52 Å². The molecule has 0 aromatic heterocycles. The molecular formula is C22H23O4P. The summed E-state index contributed by atoms with van der Waals surface area (Å²) in [6.07, 6.45) is 0. The topological polar surface area (TPSA) is 66.8 Å². The van der Waals surface area contributed by atoms with Gasteiger partial charge >= 0.3 is 7.82 Å². The second-order valence-electron chi connectivity index (χ2n) is 7.43. The van der Waals surface area contributed by atoms with Gasteiger partial charge in [0.2, 0.25) is 0 Å². The van der Waals surface area contributed by atoms with Gasteiger partial charge in [-0.3, -0.25) is 9.79 Å². The van der Waals surface area contributed by atoms with E-state index in [4.69, 9.17) is 4.52 Å². The molecule has 27 heavy (non-hydrogen) atoms. The summed E-state index contributed by atoms with van der Waals surface area (Å²) in [7, 11) is -4.70. The van der Waals surface area contributed by atoms with E-state index in [-0.39, 0.29) is 11.2 Å². The summed E-state index contributed by atoms with van der Waals surface area (Å²) >= 11 is 0. The first-order chi connectivity index (χ1) is 12.7. The Kier molecular flexibility index (Phi) is 5.25. The quantitative estimate of drug-likeness (QED) is 0.561. The molecule has 0 aliphatic heterocycles. The molecule has 5 heteroatoms. The summed E-state index contributed by atoms with van der Waals surface area (Å²) in [6.45, 7) is 6.35. The summed E-state index contributed by atoms with van der Waals surface area (Å²) in [5.41, 5.74) is 4.31. The second-order valence-corrected chi connectivity index (χ2v) is 8.59. The molecule has 3 aromatic rings. The van der Waals surface area contributed by atoms with Gasteiger partial charge in [0.1, 0.15) is 5.75 Å². The second kappa shape index (κ2) is 7.32. The minimum absolute atomic E-state index is 0.168. The van der Waals surface area contributed by atoms with Gasteiger partial charge in [0.25, 0.3) is 0 Å². The molecule has 0 aliphatic carbocycles. The van der Waals surface area contributed by atoms with Crippen molar-refractivity contribution in [2.75, 3.05) is 0 Å². The maximum atomic E-state index is 11.6. The molecule has 0 heterocycles. The Hall–Kier alpha value is -2.39. The SMILES string of the molecule is CC(C)(C)c1ccc(OP(=O)(O)O)c(-c2ccccc2)c1-c1ccccc1. The van der Waals surface area contributed by atoms with Crippen LogP contribution in [-0.2, 0) is 9.98 Å². The maximum absolute atomic E-state index is 11.6. The fraction of sp³-hybridized carbons (Fsp3) is 0.182. The van der Waals surface area contributed by atoms with Crippen LogP contribution in [0, 0.1) is 0 Å². The average Bonchev–Trinajstić information content (AvgIpc) is 2.60. The van der Waals surface area contributed by atoms with E-state index in [1.54, 1.807) is 6.07 Å². The highest BCUT2D eigenvalue weighted by Crippen LogP contribution is 2.49. The summed E-state index contributed by atoms with van der Waals surface area (Å²) < 4.78 is 16.7. The molecule has 3 rings (SSSR count). The van der Waals surface area contributed by atoms with Crippen LogP contribution >= 0.6 is 7.82 Å². The van der Waals surface area contributed by atoms with Crippen LogP contribution in [-0.4, -0.2) is 9.79 Å². The summed E-state index contributed by atoms with van der Waals surface area (Å²) in [5.74, 6) is 0.168. The normalized spacial score (nSPS) is 12.0. The molecule has 2 N–H and O–H groups in total. The molecule has 0 aliphatic rings. The molecule has 0 saturated carbocycles. The summed E-state index contributed by atoms with van der Waals surface area (Å²) in [5, 5.41) is 0. The Morgan fingerprint density at radius 3 is 1.67 bits per heavy atom. The smallest absolute Gasteiger partial charge is 0.404 e. The van der Waals surface area contributed by atoms with Crippen LogP contribution in [0.1, 0.15) is 26.3 Å². The standard InChI is InChI=1S/C22H23O4P/c1-22(2,3)18-14-15-19(26-27(23,24)25)21(17-12-8-5-9-13-17)20(18)16-10-6-4-7-11-16/h4-15H,1-3H3,(H2,23,24,25). The highest BCUT2D eigenvalue weighted by molar-refractivity contribution is 7.46. The molecule has 0 unspecified atom stereocenters. The number of hydrogen-bond acceptors (Lipinski definition) is 2. The molecule has 0 spiro atoms. The Bertz CT molecular complexity index is 970. The fourth-order valence-corrected chi connectivity index (χ4v) is 3.62. The number of phosphoric ester groups is 1. The van der Waals surface area contributed by atoms with Crippen molar-refractivity contribution in [3.05, 3.63) is 78.4 Å². The molecule has 0 radical (unpaired) electrons. The van der Waals surface area contributed by atoms with Crippen LogP contribution in [0.3, 0.4) is 0 Å². The van der Waals surface area contributed by atoms with Crippen molar-refractivity contribution in [3.8, 4) is 28.0 Å². The van der Waals surface area contributed by atoms with Crippen molar-refractivity contribution >= 4 is 7.82 Å². The van der Waals surface area contributed by atoms with E-state index in [1.165, 1.54) is 0 Å². The van der Waals surface area contributed by atoms with Gasteiger partial charge in [-0.15, -0.1) is 0 Å². The zero-order valence-electron chi connectivity index (χ0n) is 15.6. The molecule has 140 valence electrons. The lowest BCUT2D eigenvalue weighted by molar-refractivity contribution is 0.283. The van der Waals surface area contributed by atoms with Crippen molar-refractivity contribution in [1.29, 1.82) is 0 Å². The van der Waals surface area contributed by atoms with Crippen molar-refractivity contribution in [2.24, 2.45) is 0 Å². The minimum Gasteiger partial charge on any atom is -0.404 e. The predicted octanol–water partition coefficient (Wildman–Crippen LogP) is 5.79. The molecule has 0 saturated heterocycles. The van der Waals surface area contributed by atoms with E-state index >= 15 is 0 Å². The first kappa shape index (κ1) is 19.4. The Morgan fingerprint density at radius 2 is 1.22 bits per heavy atom. The van der Waals surface area contributed by atoms with Gasteiger partial charge in [-0.25, -0.2) is 4.57 Å². The third-order valence-corrected chi connectivity index (χ3v) is 4.75. The highest BCUT2D eigenvalue weighted by atomic mass is 31.2. The summed E-state index contributed by atoms with van der Waals surface area (Å²) in [6, 6.07) is 22.9. The molecule has 0 fully saturated rings. The van der Waals surface area contributed by atoms with Crippen LogP contribution in [0.2, 0.25) is 0 Å². The lowest BCUT2D eigenvalue weighted by Crippen LogP contribution is -2.14. The van der Waals surface area contributed by atoms with E-state index < -0.39 is 7.82 Å². The van der Waals surface area contributed by atoms with Gasteiger partial charge in [-0.2, -0.15) is 0 Å². The van der Waals surface area contributed by atoms with E-state index in [0.29, 0.717) is 5.56 Å². The van der Waals surface area contributed by atoms with Gasteiger partial charge in [0.15, 0.2) is 0 Å². The molecule has 0 bridgehead atoms. The third-order valence-electron chi connectivity index (χ3n) is 4.32. The number of benzene rings is 3. The van der Waals surface area contributed by atoms with E-state index in [2.05, 4.69) is 20.8 Å². The predicted molar refractivity (Wildman–Crippen MR) is 109 cm³/mol. The van der Waals surface area contributed by atoms with Crippen molar-refractivity contribution in [2.45, 2.75) is 26.2 Å². The molecule has 3 aromatic carbocycles. The van der Waals surface area contributed by atoms with E-state index in [0.717, 1.165) is 22.3 Å². The lowest BCUT2D eigenvalue weighted by atomic mass is 9.78. The van der Waals surface area contributed by atoms with Gasteiger partial charge in [0, 0.05) is 5.56 Å². The number of rotatable bonds is 4. The zero-order chi connectivity index (χ0) is 19.7. The fourth-order valence-electron chi connectivity index (χ4n) is 3.21. The number of phosphoric acid groups is 1. The Balaban J connectivity index is 2.42. The monoisotopic (exact) mass is 382 g/mol. The lowest BCUT2D eigenvalue weighted by Gasteiger charge is -2.27. The molecule has 0 amide bonds. The van der Waals surface area contributed by atoms with Crippen molar-refractivity contribution in [1.82, 2.24) is 0 Å². The van der Waals surface area contributed by atoms with Crippen LogP contribution in [0.15, 0.2) is 72.8 Å². The molecule has 4 nitrogen and oxygen atoms in total. The Labute approximate surface area is 159 Å². The van der Waals surface area contributed by atoms with E-state index in [1.807, 2.05) is 66.7 Å². The van der Waals surface area contributed by atoms with Gasteiger partial charge in [0.05, 0.1) is 0 Å². The van der Waals surface area contributed by atoms with Crippen LogP contribution in [0.4, 0.5) is 0 Å². The zero-order valence-corrected chi connectivity index (χ0v) is 16.5. The van der Waals surface area contributed by atoms with Crippen LogP contribution < -0.4 is 4.52 Å². The van der Waals surface area contributed by atoms with Crippen LogP contribution in [0.25, 0.3) is 22.3 Å². The molecule has 0 atom stereocenters. The largest absolute Gasteiger partial charge is 0.524 e. The third kappa shape index (κ3) is 4.48. The summed E-state index contributed by atoms with van der Waals surface area (Å²) in [4.78, 5) is 18.8. The number of hydrogen-bond donors (Lipinski definition) is 2. The van der Waals surface area contributed by atoms with Crippen molar-refractivity contribution < 1.29 is 18.9 Å². The molecular weight excluding hydrogens is 359 g/mol. The first-order valence-corrected chi connectivity index (χ1v) is 10.2. The Morgan fingerprint density at radius 1 is 0.741 bits per heavy atom. The van der Waals surface area contributed by atoms with Crippen molar-refractivity contribution in [3.63, 3.8) is 0 Å². The van der Waals surface area contributed by atoms with Gasteiger partial charge in [-0.1, -0.05) is 87.5 Å². The maximum Gasteiger partial charge on any atom is 0.524 e. The first-order valence-electron chi connectivity index (χ1n) is 8.70. The highest BCUT2D eigenvalue weighted by Gasteiger charge is 2.27.